The van der Waals surface area contributed by atoms with Crippen LogP contribution in [0.4, 0.5) is 5.13 Å². The van der Waals surface area contributed by atoms with Crippen LogP contribution in [-0.2, 0) is 4.74 Å². The van der Waals surface area contributed by atoms with Crippen LogP contribution >= 0.6 is 27.3 Å². The van der Waals surface area contributed by atoms with E-state index in [0.717, 1.165) is 21.9 Å². The normalized spacial score (nSPS) is 20.1. The molecule has 1 aliphatic rings. The summed E-state index contributed by atoms with van der Waals surface area (Å²) in [4.78, 5) is 0. The molecule has 0 radical (unpaired) electrons. The lowest BCUT2D eigenvalue weighted by Crippen LogP contribution is -2.46. The van der Waals surface area contributed by atoms with Gasteiger partial charge in [-0.3, -0.25) is 0 Å². The Balaban J connectivity index is 2.06. The molecule has 0 aliphatic carbocycles. The van der Waals surface area contributed by atoms with E-state index in [1.54, 1.807) is 0 Å². The van der Waals surface area contributed by atoms with Gasteiger partial charge in [-0.1, -0.05) is 11.3 Å². The molecule has 1 aliphatic heterocycles. The monoisotopic (exact) mass is 293 g/mol. The third-order valence-corrected chi connectivity index (χ3v) is 3.80. The summed E-state index contributed by atoms with van der Waals surface area (Å²) in [6.45, 7) is 1.44. The van der Waals surface area contributed by atoms with Crippen molar-refractivity contribution in [2.24, 2.45) is 0 Å². The highest BCUT2D eigenvalue weighted by molar-refractivity contribution is 9.11. The van der Waals surface area contributed by atoms with E-state index < -0.39 is 0 Å². The van der Waals surface area contributed by atoms with Crippen molar-refractivity contribution in [2.75, 3.05) is 25.1 Å². The van der Waals surface area contributed by atoms with Crippen molar-refractivity contribution < 1.29 is 9.84 Å². The summed E-state index contributed by atoms with van der Waals surface area (Å²) in [6, 6.07) is 0. The van der Waals surface area contributed by atoms with Gasteiger partial charge in [-0.2, -0.15) is 0 Å². The topological polar surface area (TPSA) is 67.3 Å². The number of hydrogen-bond donors (Lipinski definition) is 2. The molecule has 5 nitrogen and oxygen atoms in total. The molecule has 2 N–H and O–H groups in total. The number of nitrogens with zero attached hydrogens (tertiary/aromatic N) is 2. The van der Waals surface area contributed by atoms with Crippen molar-refractivity contribution in [1.82, 2.24) is 10.2 Å². The number of nitrogens with one attached hydrogen (secondary N) is 1. The van der Waals surface area contributed by atoms with Gasteiger partial charge in [0.25, 0.3) is 0 Å². The van der Waals surface area contributed by atoms with Crippen LogP contribution < -0.4 is 5.32 Å². The Hall–Kier alpha value is -0.240. The van der Waals surface area contributed by atoms with Gasteiger partial charge in [-0.15, -0.1) is 10.2 Å². The standard InChI is InChI=1S/C8H12BrN3O2S/c9-6-11-12-7(15-6)10-8(5-13)1-3-14-4-2-8/h13H,1-5H2,(H,10,12). The molecule has 1 aromatic rings. The van der Waals surface area contributed by atoms with E-state index >= 15 is 0 Å². The van der Waals surface area contributed by atoms with Gasteiger partial charge < -0.3 is 15.2 Å². The van der Waals surface area contributed by atoms with Crippen LogP contribution in [0.15, 0.2) is 3.92 Å². The summed E-state index contributed by atoms with van der Waals surface area (Å²) < 4.78 is 6.02. The molecule has 15 heavy (non-hydrogen) atoms. The summed E-state index contributed by atoms with van der Waals surface area (Å²) in [5.41, 5.74) is -0.294. The largest absolute Gasteiger partial charge is 0.394 e. The fourth-order valence-corrected chi connectivity index (χ4v) is 2.70. The Morgan fingerprint density at radius 3 is 2.73 bits per heavy atom. The number of aliphatic hydroxyl groups is 1. The first kappa shape index (κ1) is 11.3. The van der Waals surface area contributed by atoms with Crippen molar-refractivity contribution >= 4 is 32.4 Å². The van der Waals surface area contributed by atoms with Crippen LogP contribution in [0.5, 0.6) is 0 Å². The molecule has 0 spiro atoms. The maximum Gasteiger partial charge on any atom is 0.206 e. The second kappa shape index (κ2) is 4.73. The van der Waals surface area contributed by atoms with Crippen molar-refractivity contribution in [3.05, 3.63) is 3.92 Å². The van der Waals surface area contributed by atoms with Crippen LogP contribution in [0, 0.1) is 0 Å². The van der Waals surface area contributed by atoms with E-state index in [2.05, 4.69) is 31.4 Å². The molecule has 7 heteroatoms. The summed E-state index contributed by atoms with van der Waals surface area (Å²) in [5, 5.41) is 21.2. The number of anilines is 1. The van der Waals surface area contributed by atoms with Crippen LogP contribution in [-0.4, -0.2) is 40.7 Å². The zero-order chi connectivity index (χ0) is 10.7. The molecule has 84 valence electrons. The van der Waals surface area contributed by atoms with Crippen LogP contribution in [0.2, 0.25) is 0 Å². The zero-order valence-electron chi connectivity index (χ0n) is 8.07. The molecule has 0 amide bonds. The lowest BCUT2D eigenvalue weighted by molar-refractivity contribution is 0.0379. The van der Waals surface area contributed by atoms with Crippen LogP contribution in [0.25, 0.3) is 0 Å². The minimum atomic E-state index is -0.294. The maximum absolute atomic E-state index is 9.44. The van der Waals surface area contributed by atoms with Gasteiger partial charge in [0.2, 0.25) is 5.13 Å². The van der Waals surface area contributed by atoms with E-state index in [1.165, 1.54) is 11.3 Å². The fraction of sp³-hybridized carbons (Fsp3) is 0.750. The van der Waals surface area contributed by atoms with Gasteiger partial charge in [0.05, 0.1) is 12.1 Å². The molecule has 1 aromatic heterocycles. The first-order valence-electron chi connectivity index (χ1n) is 4.70. The number of aliphatic hydroxyl groups excluding tert-OH is 1. The third kappa shape index (κ3) is 2.66. The molecule has 0 saturated carbocycles. The second-order valence-electron chi connectivity index (χ2n) is 3.54. The smallest absolute Gasteiger partial charge is 0.206 e. The number of aromatic nitrogens is 2. The SMILES string of the molecule is OCC1(Nc2nnc(Br)s2)CCOCC1. The summed E-state index contributed by atoms with van der Waals surface area (Å²) in [6.07, 6.45) is 1.58. The van der Waals surface area contributed by atoms with Crippen molar-refractivity contribution in [3.63, 3.8) is 0 Å². The molecular weight excluding hydrogens is 282 g/mol. The predicted molar refractivity (Wildman–Crippen MR) is 61.1 cm³/mol. The first-order chi connectivity index (χ1) is 7.24. The van der Waals surface area contributed by atoms with E-state index in [1.807, 2.05) is 0 Å². The highest BCUT2D eigenvalue weighted by Gasteiger charge is 2.32. The Bertz CT molecular complexity index is 327. The quantitative estimate of drug-likeness (QED) is 0.878. The van der Waals surface area contributed by atoms with Crippen molar-refractivity contribution in [3.8, 4) is 0 Å². The predicted octanol–water partition coefficient (Wildman–Crippen LogP) is 1.25. The average molecular weight is 294 g/mol. The van der Waals surface area contributed by atoms with E-state index in [4.69, 9.17) is 4.74 Å². The lowest BCUT2D eigenvalue weighted by Gasteiger charge is -2.35. The van der Waals surface area contributed by atoms with Crippen molar-refractivity contribution in [2.45, 2.75) is 18.4 Å². The number of rotatable bonds is 3. The molecule has 0 bridgehead atoms. The Kier molecular flexibility index (Phi) is 3.55. The molecular formula is C8H12BrN3O2S. The van der Waals surface area contributed by atoms with Crippen LogP contribution in [0.1, 0.15) is 12.8 Å². The van der Waals surface area contributed by atoms with Crippen molar-refractivity contribution in [1.29, 1.82) is 0 Å². The van der Waals surface area contributed by atoms with Gasteiger partial charge in [-0.05, 0) is 28.8 Å². The highest BCUT2D eigenvalue weighted by atomic mass is 79.9. The van der Waals surface area contributed by atoms with Gasteiger partial charge in [0.1, 0.15) is 0 Å². The first-order valence-corrected chi connectivity index (χ1v) is 6.31. The number of ether oxygens (including phenoxy) is 1. The van der Waals surface area contributed by atoms with Crippen LogP contribution in [0.3, 0.4) is 0 Å². The minimum Gasteiger partial charge on any atom is -0.394 e. The molecule has 2 rings (SSSR count). The van der Waals surface area contributed by atoms with Gasteiger partial charge >= 0.3 is 0 Å². The zero-order valence-corrected chi connectivity index (χ0v) is 10.5. The van der Waals surface area contributed by atoms with E-state index in [-0.39, 0.29) is 12.1 Å². The Morgan fingerprint density at radius 1 is 1.47 bits per heavy atom. The molecule has 0 unspecified atom stereocenters. The number of hydrogen-bond acceptors (Lipinski definition) is 6. The number of halogens is 1. The molecule has 1 fully saturated rings. The Labute approximate surface area is 100.0 Å². The minimum absolute atomic E-state index is 0.0908. The molecule has 2 heterocycles. The third-order valence-electron chi connectivity index (χ3n) is 2.53. The molecule has 0 aromatic carbocycles. The molecule has 0 atom stereocenters. The van der Waals surface area contributed by atoms with Gasteiger partial charge in [-0.25, -0.2) is 0 Å². The van der Waals surface area contributed by atoms with Gasteiger partial charge in [0.15, 0.2) is 3.92 Å². The maximum atomic E-state index is 9.44. The Morgan fingerprint density at radius 2 is 2.20 bits per heavy atom. The molecule has 1 saturated heterocycles. The summed E-state index contributed by atoms with van der Waals surface area (Å²) in [7, 11) is 0. The average Bonchev–Trinajstić information content (AvgIpc) is 2.65. The van der Waals surface area contributed by atoms with E-state index in [0.29, 0.717) is 13.2 Å². The second-order valence-corrected chi connectivity index (χ2v) is 5.79. The summed E-state index contributed by atoms with van der Waals surface area (Å²) in [5.74, 6) is 0. The van der Waals surface area contributed by atoms with E-state index in [9.17, 15) is 5.11 Å². The lowest BCUT2D eigenvalue weighted by atomic mass is 9.91. The fourth-order valence-electron chi connectivity index (χ4n) is 1.57. The summed E-state index contributed by atoms with van der Waals surface area (Å²) >= 11 is 4.68. The van der Waals surface area contributed by atoms with Gasteiger partial charge in [0, 0.05) is 13.2 Å². The highest BCUT2D eigenvalue weighted by Crippen LogP contribution is 2.28.